The monoisotopic (exact) mass is 554 g/mol. The van der Waals surface area contributed by atoms with Crippen molar-refractivity contribution < 1.29 is 19.0 Å². The zero-order chi connectivity index (χ0) is 22.1. The number of amides is 1. The molecule has 174 valence electrons. The molecule has 2 N–H and O–H groups in total. The van der Waals surface area contributed by atoms with E-state index < -0.39 is 0 Å². The van der Waals surface area contributed by atoms with Crippen LogP contribution in [0.3, 0.4) is 0 Å². The van der Waals surface area contributed by atoms with Crippen LogP contribution in [0.2, 0.25) is 0 Å². The SMILES string of the molecule is CN=C(NCCCN1C(=O)COc2ccccc21)NCC(C)Oc1ccccc1OC.I. The molecular weight excluding hydrogens is 523 g/mol. The van der Waals surface area contributed by atoms with Crippen molar-refractivity contribution in [3.05, 3.63) is 48.5 Å². The van der Waals surface area contributed by atoms with Gasteiger partial charge in [0.25, 0.3) is 5.91 Å². The predicted molar refractivity (Wildman–Crippen MR) is 137 cm³/mol. The standard InChI is InChI=1S/C23H30N4O4.HI/c1-17(31-21-12-7-6-11-20(21)29-3)15-26-23(24-2)25-13-8-14-27-18-9-4-5-10-19(18)30-16-22(27)28;/h4-7,9-12,17H,8,13-16H2,1-3H3,(H2,24,25,26);1H. The number of para-hydroxylation sites is 4. The van der Waals surface area contributed by atoms with Crippen molar-refractivity contribution in [2.45, 2.75) is 19.4 Å². The average Bonchev–Trinajstić information content (AvgIpc) is 2.80. The van der Waals surface area contributed by atoms with Gasteiger partial charge in [-0.3, -0.25) is 9.79 Å². The van der Waals surface area contributed by atoms with E-state index in [-0.39, 0.29) is 42.6 Å². The number of fused-ring (bicyclic) bond motifs is 1. The van der Waals surface area contributed by atoms with Gasteiger partial charge in [-0.2, -0.15) is 0 Å². The van der Waals surface area contributed by atoms with Crippen LogP contribution < -0.4 is 29.7 Å². The van der Waals surface area contributed by atoms with E-state index in [1.54, 1.807) is 19.1 Å². The minimum Gasteiger partial charge on any atom is -0.493 e. The summed E-state index contributed by atoms with van der Waals surface area (Å²) in [5.41, 5.74) is 0.823. The molecule has 8 nitrogen and oxygen atoms in total. The Kier molecular flexibility index (Phi) is 10.4. The summed E-state index contributed by atoms with van der Waals surface area (Å²) in [6, 6.07) is 15.2. The molecule has 1 amide bonds. The third-order valence-electron chi connectivity index (χ3n) is 4.84. The summed E-state index contributed by atoms with van der Waals surface area (Å²) in [4.78, 5) is 18.3. The Morgan fingerprint density at radius 2 is 1.88 bits per heavy atom. The Labute approximate surface area is 206 Å². The van der Waals surface area contributed by atoms with E-state index in [1.165, 1.54) is 0 Å². The minimum absolute atomic E-state index is 0. The summed E-state index contributed by atoms with van der Waals surface area (Å²) in [5.74, 6) is 2.82. The highest BCUT2D eigenvalue weighted by Crippen LogP contribution is 2.31. The number of carbonyl (C=O) groups is 1. The van der Waals surface area contributed by atoms with Gasteiger partial charge < -0.3 is 29.7 Å². The number of halogens is 1. The van der Waals surface area contributed by atoms with Crippen LogP contribution in [-0.2, 0) is 4.79 Å². The predicted octanol–water partition coefficient (Wildman–Crippen LogP) is 3.06. The molecular formula is C23H31IN4O4. The Hall–Kier alpha value is -2.69. The van der Waals surface area contributed by atoms with Gasteiger partial charge >= 0.3 is 0 Å². The topological polar surface area (TPSA) is 84.4 Å². The number of methoxy groups -OCH3 is 1. The molecule has 1 aliphatic heterocycles. The van der Waals surface area contributed by atoms with Crippen molar-refractivity contribution in [2.24, 2.45) is 4.99 Å². The van der Waals surface area contributed by atoms with Crippen LogP contribution in [0.1, 0.15) is 13.3 Å². The lowest BCUT2D eigenvalue weighted by molar-refractivity contribution is -0.121. The number of benzene rings is 2. The van der Waals surface area contributed by atoms with Crippen molar-refractivity contribution in [1.82, 2.24) is 10.6 Å². The Bertz CT molecular complexity index is 909. The number of carbonyl (C=O) groups excluding carboxylic acids is 1. The van der Waals surface area contributed by atoms with Gasteiger partial charge in [0, 0.05) is 20.1 Å². The molecule has 2 aromatic rings. The van der Waals surface area contributed by atoms with Gasteiger partial charge in [-0.25, -0.2) is 0 Å². The molecule has 3 rings (SSSR count). The lowest BCUT2D eigenvalue weighted by atomic mass is 10.2. The molecule has 1 aliphatic rings. The maximum atomic E-state index is 12.2. The molecule has 1 unspecified atom stereocenters. The number of anilines is 1. The van der Waals surface area contributed by atoms with E-state index in [2.05, 4.69) is 15.6 Å². The molecule has 1 heterocycles. The molecule has 0 saturated heterocycles. The second kappa shape index (κ2) is 13.0. The van der Waals surface area contributed by atoms with Gasteiger partial charge in [0.2, 0.25) is 0 Å². The Morgan fingerprint density at radius 3 is 2.62 bits per heavy atom. The molecule has 0 radical (unpaired) electrons. The molecule has 0 saturated carbocycles. The molecule has 9 heteroatoms. The zero-order valence-corrected chi connectivity index (χ0v) is 21.0. The van der Waals surface area contributed by atoms with Gasteiger partial charge in [0.1, 0.15) is 11.9 Å². The average molecular weight is 554 g/mol. The first kappa shape index (κ1) is 25.6. The molecule has 2 aromatic carbocycles. The second-order valence-corrected chi connectivity index (χ2v) is 7.11. The fourth-order valence-electron chi connectivity index (χ4n) is 3.28. The normalized spacial score (nSPS) is 13.9. The van der Waals surface area contributed by atoms with Crippen molar-refractivity contribution in [3.8, 4) is 17.2 Å². The van der Waals surface area contributed by atoms with Gasteiger partial charge in [0.05, 0.1) is 19.3 Å². The Balaban J connectivity index is 0.00000363. The summed E-state index contributed by atoms with van der Waals surface area (Å²) in [6.07, 6.45) is 0.686. The largest absolute Gasteiger partial charge is 0.493 e. The highest BCUT2D eigenvalue weighted by atomic mass is 127. The number of nitrogens with zero attached hydrogens (tertiary/aromatic N) is 2. The lowest BCUT2D eigenvalue weighted by Gasteiger charge is -2.29. The lowest BCUT2D eigenvalue weighted by Crippen LogP contribution is -2.43. The van der Waals surface area contributed by atoms with Crippen LogP contribution in [0.25, 0.3) is 0 Å². The number of ether oxygens (including phenoxy) is 3. The van der Waals surface area contributed by atoms with E-state index >= 15 is 0 Å². The molecule has 0 spiro atoms. The molecule has 0 bridgehead atoms. The molecule has 1 atom stereocenters. The smallest absolute Gasteiger partial charge is 0.265 e. The van der Waals surface area contributed by atoms with Crippen molar-refractivity contribution in [3.63, 3.8) is 0 Å². The van der Waals surface area contributed by atoms with E-state index in [4.69, 9.17) is 14.2 Å². The van der Waals surface area contributed by atoms with Crippen LogP contribution in [-0.4, -0.2) is 58.4 Å². The highest BCUT2D eigenvalue weighted by molar-refractivity contribution is 14.0. The van der Waals surface area contributed by atoms with E-state index in [0.29, 0.717) is 37.1 Å². The fourth-order valence-corrected chi connectivity index (χ4v) is 3.28. The van der Waals surface area contributed by atoms with Gasteiger partial charge in [-0.1, -0.05) is 24.3 Å². The minimum atomic E-state index is -0.0858. The number of aliphatic imine (C=N–C) groups is 1. The van der Waals surface area contributed by atoms with Crippen LogP contribution >= 0.6 is 24.0 Å². The number of hydrogen-bond donors (Lipinski definition) is 2. The zero-order valence-electron chi connectivity index (χ0n) is 18.7. The van der Waals surface area contributed by atoms with Gasteiger partial charge in [-0.05, 0) is 37.6 Å². The molecule has 32 heavy (non-hydrogen) atoms. The van der Waals surface area contributed by atoms with Crippen molar-refractivity contribution in [2.75, 3.05) is 45.3 Å². The fraction of sp³-hybridized carbons (Fsp3) is 0.391. The first-order chi connectivity index (χ1) is 15.1. The molecule has 0 aliphatic carbocycles. The maximum Gasteiger partial charge on any atom is 0.265 e. The van der Waals surface area contributed by atoms with Crippen LogP contribution in [0, 0.1) is 0 Å². The van der Waals surface area contributed by atoms with E-state index in [0.717, 1.165) is 17.9 Å². The van der Waals surface area contributed by atoms with Crippen LogP contribution in [0.15, 0.2) is 53.5 Å². The first-order valence-corrected chi connectivity index (χ1v) is 10.4. The summed E-state index contributed by atoms with van der Waals surface area (Å²) in [6.45, 7) is 3.92. The number of rotatable bonds is 9. The summed E-state index contributed by atoms with van der Waals surface area (Å²) in [7, 11) is 3.35. The van der Waals surface area contributed by atoms with Crippen molar-refractivity contribution in [1.29, 1.82) is 0 Å². The highest BCUT2D eigenvalue weighted by Gasteiger charge is 2.24. The van der Waals surface area contributed by atoms with Crippen LogP contribution in [0.4, 0.5) is 5.69 Å². The first-order valence-electron chi connectivity index (χ1n) is 10.4. The second-order valence-electron chi connectivity index (χ2n) is 7.11. The summed E-state index contributed by atoms with van der Waals surface area (Å²) >= 11 is 0. The summed E-state index contributed by atoms with van der Waals surface area (Å²) < 4.78 is 16.8. The molecule has 0 aromatic heterocycles. The number of nitrogens with one attached hydrogen (secondary N) is 2. The van der Waals surface area contributed by atoms with Gasteiger partial charge in [0.15, 0.2) is 24.1 Å². The quantitative estimate of drug-likeness (QED) is 0.215. The van der Waals surface area contributed by atoms with Crippen LogP contribution in [0.5, 0.6) is 17.2 Å². The van der Waals surface area contributed by atoms with Gasteiger partial charge in [-0.15, -0.1) is 24.0 Å². The van der Waals surface area contributed by atoms with Crippen molar-refractivity contribution >= 4 is 41.5 Å². The van der Waals surface area contributed by atoms with E-state index in [9.17, 15) is 4.79 Å². The Morgan fingerprint density at radius 1 is 1.16 bits per heavy atom. The van der Waals surface area contributed by atoms with E-state index in [1.807, 2.05) is 55.5 Å². The summed E-state index contributed by atoms with van der Waals surface area (Å²) in [5, 5.41) is 6.54. The molecule has 0 fully saturated rings. The maximum absolute atomic E-state index is 12.2. The third kappa shape index (κ3) is 6.91. The number of hydrogen-bond acceptors (Lipinski definition) is 5. The number of guanidine groups is 1. The third-order valence-corrected chi connectivity index (χ3v) is 4.84.